The van der Waals surface area contributed by atoms with E-state index in [1.807, 2.05) is 33.8 Å². The van der Waals surface area contributed by atoms with Crippen molar-refractivity contribution < 1.29 is 13.2 Å². The van der Waals surface area contributed by atoms with Crippen LogP contribution in [0, 0.1) is 23.5 Å². The van der Waals surface area contributed by atoms with Gasteiger partial charge in [-0.25, -0.2) is 13.6 Å². The molecule has 2 aliphatic carbocycles. The molecular formula is C33H48F2N4O2. The predicted octanol–water partition coefficient (Wildman–Crippen LogP) is 9.53. The Morgan fingerprint density at radius 1 is 0.951 bits per heavy atom. The summed E-state index contributed by atoms with van der Waals surface area (Å²) in [6.45, 7) is 19.9. The van der Waals surface area contributed by atoms with E-state index in [1.165, 1.54) is 23.5 Å². The van der Waals surface area contributed by atoms with E-state index in [9.17, 15) is 13.6 Å². The number of nitrogens with zero attached hydrogens (tertiary/aromatic N) is 3. The second-order valence-corrected chi connectivity index (χ2v) is 10.5. The Hall–Kier alpha value is -3.29. The average Bonchev–Trinajstić information content (AvgIpc) is 3.60. The molecule has 2 aromatic heterocycles. The summed E-state index contributed by atoms with van der Waals surface area (Å²) < 4.78 is 34.3. The quantitative estimate of drug-likeness (QED) is 0.310. The first-order valence-electron chi connectivity index (χ1n) is 15.2. The molecule has 5 rings (SSSR count). The largest absolute Gasteiger partial charge is 0.420 e. The lowest BCUT2D eigenvalue weighted by Gasteiger charge is -2.27. The third-order valence-electron chi connectivity index (χ3n) is 7.66. The Morgan fingerprint density at radius 2 is 1.54 bits per heavy atom. The van der Waals surface area contributed by atoms with Crippen molar-refractivity contribution in [2.45, 2.75) is 105 Å². The molecule has 1 N–H and O–H groups in total. The first kappa shape index (κ1) is 33.9. The molecule has 2 saturated carbocycles. The molecule has 0 spiro atoms. The minimum Gasteiger partial charge on any atom is -0.420 e. The Bertz CT molecular complexity index is 1320. The van der Waals surface area contributed by atoms with E-state index in [0.717, 1.165) is 62.0 Å². The van der Waals surface area contributed by atoms with Gasteiger partial charge < -0.3 is 9.40 Å². The maximum absolute atomic E-state index is 13.6. The van der Waals surface area contributed by atoms with Crippen molar-refractivity contribution in [1.29, 1.82) is 0 Å². The highest BCUT2D eigenvalue weighted by Crippen LogP contribution is 2.35. The molecule has 2 aliphatic rings. The van der Waals surface area contributed by atoms with Gasteiger partial charge in [-0.15, -0.1) is 10.2 Å². The number of aromatic amines is 1. The molecule has 2 fully saturated rings. The molecule has 1 aromatic carbocycles. The van der Waals surface area contributed by atoms with Crippen LogP contribution >= 0.6 is 0 Å². The molecule has 0 unspecified atom stereocenters. The van der Waals surface area contributed by atoms with Gasteiger partial charge in [0.2, 0.25) is 11.8 Å². The van der Waals surface area contributed by atoms with Gasteiger partial charge in [0.1, 0.15) is 11.3 Å². The molecule has 0 atom stereocenters. The normalized spacial score (nSPS) is 22.3. The number of H-pyrrole nitrogens is 1. The Morgan fingerprint density at radius 3 is 2.10 bits per heavy atom. The number of rotatable bonds is 5. The highest BCUT2D eigenvalue weighted by atomic mass is 19.1. The molecule has 0 radical (unpaired) electrons. The first-order chi connectivity index (χ1) is 19.8. The molecule has 3 aromatic rings. The highest BCUT2D eigenvalue weighted by Gasteiger charge is 2.25. The van der Waals surface area contributed by atoms with Crippen LogP contribution in [-0.2, 0) is 0 Å². The number of hydrogen-bond acceptors (Lipinski definition) is 4. The average molecular weight is 571 g/mol. The molecular weight excluding hydrogens is 522 g/mol. The van der Waals surface area contributed by atoms with Crippen LogP contribution in [0.25, 0.3) is 16.6 Å². The number of nitrogens with one attached hydrogen (secondary N) is 1. The minimum absolute atomic E-state index is 0.0404. The SMILES string of the molecule is C=C/C=C(\C=C)c1nnc(C2CCC(C)CC2)o1.CC.CC.CC1CCC(n2c(=O)[nH]c3c(F)cc(F)cc32)CC1. The Kier molecular flexibility index (Phi) is 13.9. The standard InChI is InChI=1S/C15H20N2O.C14H16F2N2O.2C2H6/c1-4-6-12(5-2)14-16-17-15(18-14)13-9-7-11(3)8-10-13;1-8-2-4-10(5-3-8)18-12-7-9(15)6-11(16)13(12)17-14(18)19;2*1-2/h4-6,11,13H,1-2,7-10H2,3H3;6-8,10H,2-5H2,1H3,(H,17,19);2*1-2H3/b12-6+;;;. The van der Waals surface area contributed by atoms with Gasteiger partial charge in [0.25, 0.3) is 0 Å². The molecule has 0 aliphatic heterocycles. The lowest BCUT2D eigenvalue weighted by Crippen LogP contribution is -2.25. The van der Waals surface area contributed by atoms with Crippen LogP contribution in [0.1, 0.15) is 117 Å². The minimum atomic E-state index is -0.713. The topological polar surface area (TPSA) is 76.7 Å². The number of hydrogen-bond donors (Lipinski definition) is 1. The summed E-state index contributed by atoms with van der Waals surface area (Å²) in [7, 11) is 0. The van der Waals surface area contributed by atoms with Gasteiger partial charge in [0.05, 0.1) is 5.52 Å². The van der Waals surface area contributed by atoms with Crippen LogP contribution < -0.4 is 5.69 Å². The van der Waals surface area contributed by atoms with Crippen LogP contribution in [0.2, 0.25) is 0 Å². The van der Waals surface area contributed by atoms with E-state index >= 15 is 0 Å². The summed E-state index contributed by atoms with van der Waals surface area (Å²) in [5, 5.41) is 8.27. The van der Waals surface area contributed by atoms with Crippen molar-refractivity contribution in [3.05, 3.63) is 77.4 Å². The van der Waals surface area contributed by atoms with Crippen LogP contribution in [0.15, 0.2) is 52.7 Å². The fourth-order valence-electron chi connectivity index (χ4n) is 5.39. The van der Waals surface area contributed by atoms with E-state index in [0.29, 0.717) is 23.2 Å². The van der Waals surface area contributed by atoms with Crippen LogP contribution in [0.5, 0.6) is 0 Å². The summed E-state index contributed by atoms with van der Waals surface area (Å²) in [5.41, 5.74) is 0.916. The van der Waals surface area contributed by atoms with Crippen molar-refractivity contribution in [3.63, 3.8) is 0 Å². The number of benzene rings is 1. The predicted molar refractivity (Wildman–Crippen MR) is 165 cm³/mol. The number of imidazole rings is 1. The molecule has 8 heteroatoms. The zero-order valence-electron chi connectivity index (χ0n) is 25.7. The fourth-order valence-corrected chi connectivity index (χ4v) is 5.39. The molecule has 226 valence electrons. The smallest absolute Gasteiger partial charge is 0.326 e. The van der Waals surface area contributed by atoms with Gasteiger partial charge >= 0.3 is 5.69 Å². The van der Waals surface area contributed by atoms with Gasteiger partial charge in [-0.2, -0.15) is 0 Å². The second kappa shape index (κ2) is 16.8. The van der Waals surface area contributed by atoms with E-state index in [4.69, 9.17) is 4.42 Å². The molecule has 41 heavy (non-hydrogen) atoms. The lowest BCUT2D eigenvalue weighted by atomic mass is 9.83. The van der Waals surface area contributed by atoms with Crippen molar-refractivity contribution in [1.82, 2.24) is 19.7 Å². The molecule has 0 saturated heterocycles. The van der Waals surface area contributed by atoms with Crippen molar-refractivity contribution in [2.24, 2.45) is 11.8 Å². The number of allylic oxidation sites excluding steroid dienone is 4. The Labute approximate surface area is 243 Å². The van der Waals surface area contributed by atoms with Crippen LogP contribution in [-0.4, -0.2) is 19.7 Å². The van der Waals surface area contributed by atoms with Gasteiger partial charge in [-0.3, -0.25) is 4.57 Å². The fraction of sp³-hybridized carbons (Fsp3) is 0.545. The zero-order chi connectivity index (χ0) is 30.5. The molecule has 0 bridgehead atoms. The van der Waals surface area contributed by atoms with Crippen LogP contribution in [0.3, 0.4) is 0 Å². The summed E-state index contributed by atoms with van der Waals surface area (Å²) in [4.78, 5) is 14.5. The van der Waals surface area contributed by atoms with Crippen molar-refractivity contribution in [2.75, 3.05) is 0 Å². The molecule has 0 amide bonds. The lowest BCUT2D eigenvalue weighted by molar-refractivity contribution is 0.290. The van der Waals surface area contributed by atoms with Gasteiger partial charge in [0, 0.05) is 29.7 Å². The van der Waals surface area contributed by atoms with E-state index in [-0.39, 0.29) is 17.2 Å². The summed E-state index contributed by atoms with van der Waals surface area (Å²) >= 11 is 0. The number of aromatic nitrogens is 4. The molecule has 6 nitrogen and oxygen atoms in total. The maximum atomic E-state index is 13.6. The summed E-state index contributed by atoms with van der Waals surface area (Å²) in [6.07, 6.45) is 13.9. The zero-order valence-corrected chi connectivity index (χ0v) is 25.7. The first-order valence-corrected chi connectivity index (χ1v) is 15.2. The third-order valence-corrected chi connectivity index (χ3v) is 7.66. The highest BCUT2D eigenvalue weighted by molar-refractivity contribution is 5.76. The summed E-state index contributed by atoms with van der Waals surface area (Å²) in [5.74, 6) is 1.86. The number of halogens is 2. The van der Waals surface area contributed by atoms with E-state index < -0.39 is 11.6 Å². The third kappa shape index (κ3) is 8.85. The molecule has 2 heterocycles. The van der Waals surface area contributed by atoms with Gasteiger partial charge in [-0.05, 0) is 63.2 Å². The van der Waals surface area contributed by atoms with E-state index in [2.05, 4.69) is 42.2 Å². The van der Waals surface area contributed by atoms with Crippen molar-refractivity contribution >= 4 is 16.6 Å². The van der Waals surface area contributed by atoms with Crippen LogP contribution in [0.4, 0.5) is 8.78 Å². The van der Waals surface area contributed by atoms with E-state index in [1.54, 1.807) is 12.2 Å². The monoisotopic (exact) mass is 570 g/mol. The second-order valence-electron chi connectivity index (χ2n) is 10.5. The summed E-state index contributed by atoms with van der Waals surface area (Å²) in [6, 6.07) is 2.07. The van der Waals surface area contributed by atoms with Crippen molar-refractivity contribution in [3.8, 4) is 0 Å². The maximum Gasteiger partial charge on any atom is 0.326 e. The Balaban J connectivity index is 0.000000256. The van der Waals surface area contributed by atoms with Gasteiger partial charge in [-0.1, -0.05) is 72.9 Å². The number of fused-ring (bicyclic) bond motifs is 1. The van der Waals surface area contributed by atoms with Gasteiger partial charge in [0.15, 0.2) is 5.82 Å².